The molecule has 1 unspecified atom stereocenters. The van der Waals surface area contributed by atoms with Gasteiger partial charge in [-0.25, -0.2) is 4.98 Å². The van der Waals surface area contributed by atoms with E-state index in [0.717, 1.165) is 16.7 Å². The van der Waals surface area contributed by atoms with E-state index in [1.807, 2.05) is 6.07 Å². The summed E-state index contributed by atoms with van der Waals surface area (Å²) >= 11 is 0. The van der Waals surface area contributed by atoms with Crippen LogP contribution in [0.2, 0.25) is 0 Å². The van der Waals surface area contributed by atoms with Gasteiger partial charge in [0, 0.05) is 35.3 Å². The summed E-state index contributed by atoms with van der Waals surface area (Å²) in [6, 6.07) is 6.51. The van der Waals surface area contributed by atoms with Crippen LogP contribution in [-0.2, 0) is 16.1 Å². The first-order valence-corrected chi connectivity index (χ1v) is 8.65. The second-order valence-corrected chi connectivity index (χ2v) is 6.88. The van der Waals surface area contributed by atoms with Crippen molar-refractivity contribution in [2.24, 2.45) is 0 Å². The maximum absolute atomic E-state index is 12.7. The van der Waals surface area contributed by atoms with Crippen LogP contribution in [0.1, 0.15) is 34.3 Å². The van der Waals surface area contributed by atoms with E-state index >= 15 is 0 Å². The minimum atomic E-state index is -0.630. The van der Waals surface area contributed by atoms with Gasteiger partial charge in [-0.3, -0.25) is 19.7 Å². The lowest BCUT2D eigenvalue weighted by Gasteiger charge is -2.29. The molecule has 5 N–H and O–H groups in total. The van der Waals surface area contributed by atoms with Gasteiger partial charge in [-0.15, -0.1) is 0 Å². The summed E-state index contributed by atoms with van der Waals surface area (Å²) in [6.07, 6.45) is 0.567. The van der Waals surface area contributed by atoms with E-state index in [4.69, 9.17) is 11.5 Å². The van der Waals surface area contributed by atoms with Crippen LogP contribution in [0.3, 0.4) is 0 Å². The average Bonchev–Trinajstić information content (AvgIpc) is 2.95. The van der Waals surface area contributed by atoms with Crippen molar-refractivity contribution < 1.29 is 14.4 Å². The molecule has 0 aliphatic carbocycles. The number of anilines is 2. The van der Waals surface area contributed by atoms with Crippen molar-refractivity contribution >= 4 is 29.2 Å². The van der Waals surface area contributed by atoms with Crippen molar-refractivity contribution in [3.63, 3.8) is 0 Å². The first-order valence-electron chi connectivity index (χ1n) is 8.65. The van der Waals surface area contributed by atoms with Crippen LogP contribution in [0.15, 0.2) is 24.3 Å². The quantitative estimate of drug-likeness (QED) is 0.680. The number of hydrogen-bond donors (Lipinski definition) is 3. The molecular formula is C19H19N5O3. The summed E-state index contributed by atoms with van der Waals surface area (Å²) in [5.41, 5.74) is 16.0. The normalized spacial score (nSPS) is 19.2. The molecule has 3 heterocycles. The van der Waals surface area contributed by atoms with Gasteiger partial charge in [-0.2, -0.15) is 0 Å². The number of nitrogens with two attached hydrogens (primary N) is 2. The molecule has 3 amide bonds. The number of nitrogen functional groups attached to an aromatic ring is 2. The van der Waals surface area contributed by atoms with Crippen LogP contribution in [0.25, 0.3) is 11.3 Å². The number of carbonyl (C=O) groups excluding carboxylic acids is 3. The molecule has 8 nitrogen and oxygen atoms in total. The fourth-order valence-corrected chi connectivity index (χ4v) is 3.53. The summed E-state index contributed by atoms with van der Waals surface area (Å²) in [6.45, 7) is 2.12. The van der Waals surface area contributed by atoms with Gasteiger partial charge in [0.05, 0.1) is 5.69 Å². The lowest BCUT2D eigenvalue weighted by molar-refractivity contribution is -0.136. The molecule has 0 spiro atoms. The number of carbonyl (C=O) groups is 3. The maximum atomic E-state index is 12.7. The highest BCUT2D eigenvalue weighted by Crippen LogP contribution is 2.32. The second kappa shape index (κ2) is 6.08. The van der Waals surface area contributed by atoms with Gasteiger partial charge < -0.3 is 16.4 Å². The predicted molar refractivity (Wildman–Crippen MR) is 99.3 cm³/mol. The van der Waals surface area contributed by atoms with Crippen LogP contribution in [0.5, 0.6) is 0 Å². The standard InChI is InChI=1S/C19H19N5O3/c1-9-13(20)7-14(22-17(9)21)10-2-3-12-11(6-10)8-24(19(12)27)15-4-5-16(25)23-18(15)26/h2-3,6-7,15H,4-5,8H2,1H3,(H4,20,21,22)(H,23,25,26). The number of nitrogens with zero attached hydrogens (tertiary/aromatic N) is 2. The topological polar surface area (TPSA) is 131 Å². The Kier molecular flexibility index (Phi) is 3.83. The summed E-state index contributed by atoms with van der Waals surface area (Å²) in [5.74, 6) is -0.564. The lowest BCUT2D eigenvalue weighted by atomic mass is 10.0. The molecular weight excluding hydrogens is 346 g/mol. The molecule has 1 aromatic heterocycles. The van der Waals surface area contributed by atoms with Crippen LogP contribution in [0.4, 0.5) is 11.5 Å². The van der Waals surface area contributed by atoms with Crippen LogP contribution < -0.4 is 16.8 Å². The molecule has 1 atom stereocenters. The number of amides is 3. The number of hydrogen-bond acceptors (Lipinski definition) is 6. The molecule has 1 fully saturated rings. The molecule has 2 aliphatic rings. The van der Waals surface area contributed by atoms with Crippen molar-refractivity contribution in [2.75, 3.05) is 11.5 Å². The highest BCUT2D eigenvalue weighted by atomic mass is 16.2. The minimum Gasteiger partial charge on any atom is -0.398 e. The second-order valence-electron chi connectivity index (χ2n) is 6.88. The Morgan fingerprint density at radius 2 is 1.96 bits per heavy atom. The zero-order valence-corrected chi connectivity index (χ0v) is 14.8. The van der Waals surface area contributed by atoms with Crippen molar-refractivity contribution in [2.45, 2.75) is 32.4 Å². The monoisotopic (exact) mass is 365 g/mol. The van der Waals surface area contributed by atoms with Crippen molar-refractivity contribution in [1.82, 2.24) is 15.2 Å². The van der Waals surface area contributed by atoms with E-state index in [0.29, 0.717) is 35.7 Å². The minimum absolute atomic E-state index is 0.207. The molecule has 1 saturated heterocycles. The number of nitrogens with one attached hydrogen (secondary N) is 1. The van der Waals surface area contributed by atoms with Crippen molar-refractivity contribution in [3.8, 4) is 11.3 Å². The predicted octanol–water partition coefficient (Wildman–Crippen LogP) is 0.982. The van der Waals surface area contributed by atoms with Gasteiger partial charge in [0.2, 0.25) is 11.8 Å². The third-order valence-electron chi connectivity index (χ3n) is 5.17. The zero-order valence-electron chi connectivity index (χ0n) is 14.8. The molecule has 8 heteroatoms. The van der Waals surface area contributed by atoms with E-state index in [-0.39, 0.29) is 18.2 Å². The highest BCUT2D eigenvalue weighted by molar-refractivity contribution is 6.05. The fraction of sp³-hybridized carbons (Fsp3) is 0.263. The fourth-order valence-electron chi connectivity index (χ4n) is 3.53. The Labute approximate surface area is 155 Å². The molecule has 4 rings (SSSR count). The zero-order chi connectivity index (χ0) is 19.3. The summed E-state index contributed by atoms with van der Waals surface area (Å²) in [5, 5.41) is 2.30. The molecule has 1 aromatic carbocycles. The first kappa shape index (κ1) is 17.0. The summed E-state index contributed by atoms with van der Waals surface area (Å²) < 4.78 is 0. The number of benzene rings is 1. The van der Waals surface area contributed by atoms with Crippen LogP contribution in [0, 0.1) is 6.92 Å². The number of imide groups is 1. The Morgan fingerprint density at radius 1 is 1.19 bits per heavy atom. The Morgan fingerprint density at radius 3 is 2.67 bits per heavy atom. The number of piperidine rings is 1. The third kappa shape index (κ3) is 2.79. The van der Waals surface area contributed by atoms with Gasteiger partial charge in [-0.05, 0) is 37.1 Å². The number of pyridine rings is 1. The number of aromatic nitrogens is 1. The van der Waals surface area contributed by atoms with Crippen LogP contribution >= 0.6 is 0 Å². The van der Waals surface area contributed by atoms with E-state index in [9.17, 15) is 14.4 Å². The van der Waals surface area contributed by atoms with E-state index in [2.05, 4.69) is 10.3 Å². The van der Waals surface area contributed by atoms with Gasteiger partial charge in [0.25, 0.3) is 5.91 Å². The molecule has 0 saturated carbocycles. The molecule has 27 heavy (non-hydrogen) atoms. The maximum Gasteiger partial charge on any atom is 0.255 e. The summed E-state index contributed by atoms with van der Waals surface area (Å²) in [7, 11) is 0. The Bertz CT molecular complexity index is 978. The van der Waals surface area contributed by atoms with Gasteiger partial charge in [-0.1, -0.05) is 6.07 Å². The van der Waals surface area contributed by atoms with Crippen molar-refractivity contribution in [3.05, 3.63) is 41.0 Å². The highest BCUT2D eigenvalue weighted by Gasteiger charge is 2.39. The number of fused-ring (bicyclic) bond motifs is 1. The molecule has 2 aromatic rings. The van der Waals surface area contributed by atoms with Gasteiger partial charge in [0.15, 0.2) is 0 Å². The largest absolute Gasteiger partial charge is 0.398 e. The first-order chi connectivity index (χ1) is 12.8. The van der Waals surface area contributed by atoms with E-state index in [1.54, 1.807) is 25.1 Å². The molecule has 0 radical (unpaired) electrons. The van der Waals surface area contributed by atoms with Gasteiger partial charge in [0.1, 0.15) is 11.9 Å². The SMILES string of the molecule is Cc1c(N)cc(-c2ccc3c(c2)CN(C2CCC(=O)NC2=O)C3=O)nc1N. The van der Waals surface area contributed by atoms with E-state index < -0.39 is 11.9 Å². The smallest absolute Gasteiger partial charge is 0.255 e. The average molecular weight is 365 g/mol. The Hall–Kier alpha value is -3.42. The van der Waals surface area contributed by atoms with E-state index in [1.165, 1.54) is 4.90 Å². The number of rotatable bonds is 2. The Balaban J connectivity index is 1.65. The van der Waals surface area contributed by atoms with Crippen LogP contribution in [-0.4, -0.2) is 33.6 Å². The van der Waals surface area contributed by atoms with Gasteiger partial charge >= 0.3 is 0 Å². The molecule has 0 bridgehead atoms. The van der Waals surface area contributed by atoms with Crippen molar-refractivity contribution in [1.29, 1.82) is 0 Å². The lowest BCUT2D eigenvalue weighted by Crippen LogP contribution is -2.52. The third-order valence-corrected chi connectivity index (χ3v) is 5.17. The molecule has 2 aliphatic heterocycles. The molecule has 138 valence electrons. The summed E-state index contributed by atoms with van der Waals surface area (Å²) in [4.78, 5) is 42.1.